The lowest BCUT2D eigenvalue weighted by atomic mass is 10.3. The van der Waals surface area contributed by atoms with Crippen LogP contribution >= 0.6 is 0 Å². The highest BCUT2D eigenvalue weighted by Gasteiger charge is 2.00. The highest BCUT2D eigenvalue weighted by molar-refractivity contribution is 5.30. The van der Waals surface area contributed by atoms with Gasteiger partial charge in [0.15, 0.2) is 0 Å². The van der Waals surface area contributed by atoms with E-state index in [9.17, 15) is 4.39 Å². The molecule has 0 aliphatic rings. The van der Waals surface area contributed by atoms with Crippen LogP contribution in [0.25, 0.3) is 5.69 Å². The van der Waals surface area contributed by atoms with E-state index in [2.05, 4.69) is 10.3 Å². The molecular weight excluding hydrogens is 183 g/mol. The van der Waals surface area contributed by atoms with Crippen molar-refractivity contribution >= 4 is 0 Å². The SMILES string of the molecule is NCc1cn(-c2ccc(F)cc2)nn1. The van der Waals surface area contributed by atoms with Crippen LogP contribution in [0, 0.1) is 5.82 Å². The van der Waals surface area contributed by atoms with Gasteiger partial charge in [0.25, 0.3) is 0 Å². The first-order valence-electron chi connectivity index (χ1n) is 4.17. The third-order valence-corrected chi connectivity index (χ3v) is 1.84. The minimum Gasteiger partial charge on any atom is -0.325 e. The van der Waals surface area contributed by atoms with Crippen LogP contribution in [-0.4, -0.2) is 15.0 Å². The Bertz CT molecular complexity index is 421. The molecule has 0 aliphatic carbocycles. The number of nitrogens with zero attached hydrogens (tertiary/aromatic N) is 3. The number of benzene rings is 1. The Labute approximate surface area is 80.2 Å². The van der Waals surface area contributed by atoms with Crippen LogP contribution in [0.1, 0.15) is 5.69 Å². The molecule has 1 aromatic heterocycles. The largest absolute Gasteiger partial charge is 0.325 e. The summed E-state index contributed by atoms with van der Waals surface area (Å²) in [5.74, 6) is -0.270. The van der Waals surface area contributed by atoms with E-state index in [-0.39, 0.29) is 5.82 Å². The van der Waals surface area contributed by atoms with Gasteiger partial charge in [-0.1, -0.05) is 5.21 Å². The predicted molar refractivity (Wildman–Crippen MR) is 49.2 cm³/mol. The number of halogens is 1. The molecule has 1 heterocycles. The van der Waals surface area contributed by atoms with Crippen LogP contribution in [0.5, 0.6) is 0 Å². The zero-order valence-corrected chi connectivity index (χ0v) is 7.39. The lowest BCUT2D eigenvalue weighted by Gasteiger charge is -1.97. The van der Waals surface area contributed by atoms with Gasteiger partial charge in [-0.05, 0) is 24.3 Å². The lowest BCUT2D eigenvalue weighted by molar-refractivity contribution is 0.626. The van der Waals surface area contributed by atoms with Gasteiger partial charge in [-0.3, -0.25) is 0 Å². The third-order valence-electron chi connectivity index (χ3n) is 1.84. The number of hydrogen-bond donors (Lipinski definition) is 1. The number of aromatic nitrogens is 3. The maximum Gasteiger partial charge on any atom is 0.123 e. The zero-order valence-electron chi connectivity index (χ0n) is 7.39. The second-order valence-corrected chi connectivity index (χ2v) is 2.83. The van der Waals surface area contributed by atoms with Crippen LogP contribution in [0.2, 0.25) is 0 Å². The first-order valence-corrected chi connectivity index (χ1v) is 4.17. The summed E-state index contributed by atoms with van der Waals surface area (Å²) in [5.41, 5.74) is 6.86. The normalized spacial score (nSPS) is 10.4. The van der Waals surface area contributed by atoms with Crippen molar-refractivity contribution in [3.63, 3.8) is 0 Å². The zero-order chi connectivity index (χ0) is 9.97. The van der Waals surface area contributed by atoms with E-state index in [1.165, 1.54) is 12.1 Å². The second-order valence-electron chi connectivity index (χ2n) is 2.83. The first kappa shape index (κ1) is 8.83. The van der Waals surface area contributed by atoms with E-state index in [0.29, 0.717) is 12.2 Å². The number of nitrogens with two attached hydrogens (primary N) is 1. The molecule has 4 nitrogen and oxygen atoms in total. The van der Waals surface area contributed by atoms with Crippen molar-refractivity contribution in [3.8, 4) is 5.69 Å². The van der Waals surface area contributed by atoms with Gasteiger partial charge in [-0.25, -0.2) is 9.07 Å². The summed E-state index contributed by atoms with van der Waals surface area (Å²) in [6.45, 7) is 0.348. The maximum absolute atomic E-state index is 12.6. The average Bonchev–Trinajstić information content (AvgIpc) is 2.67. The molecule has 2 aromatic rings. The minimum absolute atomic E-state index is 0.270. The summed E-state index contributed by atoms with van der Waals surface area (Å²) in [5, 5.41) is 7.68. The molecule has 5 heteroatoms. The van der Waals surface area contributed by atoms with Gasteiger partial charge in [-0.15, -0.1) is 5.10 Å². The number of hydrogen-bond acceptors (Lipinski definition) is 3. The lowest BCUT2D eigenvalue weighted by Crippen LogP contribution is -1.96. The van der Waals surface area contributed by atoms with E-state index >= 15 is 0 Å². The standard InChI is InChI=1S/C9H9FN4/c10-7-1-3-9(4-2-7)14-6-8(5-11)12-13-14/h1-4,6H,5,11H2. The van der Waals surface area contributed by atoms with Crippen molar-refractivity contribution in [2.75, 3.05) is 0 Å². The Kier molecular flexibility index (Phi) is 2.24. The number of rotatable bonds is 2. The van der Waals surface area contributed by atoms with Crippen molar-refractivity contribution in [2.24, 2.45) is 5.73 Å². The highest BCUT2D eigenvalue weighted by atomic mass is 19.1. The van der Waals surface area contributed by atoms with E-state index in [0.717, 1.165) is 5.69 Å². The smallest absolute Gasteiger partial charge is 0.123 e. The second kappa shape index (κ2) is 3.55. The quantitative estimate of drug-likeness (QED) is 0.767. The molecule has 2 rings (SSSR count). The van der Waals surface area contributed by atoms with Gasteiger partial charge >= 0.3 is 0 Å². The topological polar surface area (TPSA) is 56.7 Å². The third kappa shape index (κ3) is 1.62. The molecular formula is C9H9FN4. The van der Waals surface area contributed by atoms with Crippen LogP contribution < -0.4 is 5.73 Å². The minimum atomic E-state index is -0.270. The van der Waals surface area contributed by atoms with E-state index < -0.39 is 0 Å². The summed E-state index contributed by atoms with van der Waals surface area (Å²) in [6, 6.07) is 6.01. The molecule has 0 fully saturated rings. The molecule has 0 saturated carbocycles. The molecule has 1 aromatic carbocycles. The van der Waals surface area contributed by atoms with Crippen molar-refractivity contribution in [1.82, 2.24) is 15.0 Å². The molecule has 72 valence electrons. The molecule has 2 N–H and O–H groups in total. The fourth-order valence-electron chi connectivity index (χ4n) is 1.11. The van der Waals surface area contributed by atoms with Crippen molar-refractivity contribution < 1.29 is 4.39 Å². The summed E-state index contributed by atoms with van der Waals surface area (Å²) < 4.78 is 14.2. The van der Waals surface area contributed by atoms with Crippen LogP contribution in [0.3, 0.4) is 0 Å². The van der Waals surface area contributed by atoms with Gasteiger partial charge in [0.1, 0.15) is 5.82 Å². The molecule has 0 amide bonds. The van der Waals surface area contributed by atoms with Gasteiger partial charge in [-0.2, -0.15) is 0 Å². The molecule has 0 aliphatic heterocycles. The predicted octanol–water partition coefficient (Wildman–Crippen LogP) is 0.865. The summed E-state index contributed by atoms with van der Waals surface area (Å²) >= 11 is 0. The van der Waals surface area contributed by atoms with Crippen molar-refractivity contribution in [3.05, 3.63) is 42.0 Å². The monoisotopic (exact) mass is 192 g/mol. The molecule has 0 unspecified atom stereocenters. The summed E-state index contributed by atoms with van der Waals surface area (Å²) in [6.07, 6.45) is 1.72. The van der Waals surface area contributed by atoms with E-state index in [4.69, 9.17) is 5.73 Å². The average molecular weight is 192 g/mol. The first-order chi connectivity index (χ1) is 6.79. The molecule has 0 atom stereocenters. The van der Waals surface area contributed by atoms with Gasteiger partial charge in [0.2, 0.25) is 0 Å². The van der Waals surface area contributed by atoms with Crippen LogP contribution in [-0.2, 0) is 6.54 Å². The summed E-state index contributed by atoms with van der Waals surface area (Å²) in [4.78, 5) is 0. The van der Waals surface area contributed by atoms with Crippen LogP contribution in [0.4, 0.5) is 4.39 Å². The molecule has 0 radical (unpaired) electrons. The Morgan fingerprint density at radius 1 is 1.29 bits per heavy atom. The van der Waals surface area contributed by atoms with Crippen LogP contribution in [0.15, 0.2) is 30.5 Å². The fourth-order valence-corrected chi connectivity index (χ4v) is 1.11. The maximum atomic E-state index is 12.6. The molecule has 14 heavy (non-hydrogen) atoms. The Morgan fingerprint density at radius 2 is 2.00 bits per heavy atom. The summed E-state index contributed by atoms with van der Waals surface area (Å²) in [7, 11) is 0. The Balaban J connectivity index is 2.34. The van der Waals surface area contributed by atoms with Crippen molar-refractivity contribution in [2.45, 2.75) is 6.54 Å². The molecule has 0 saturated heterocycles. The molecule has 0 bridgehead atoms. The van der Waals surface area contributed by atoms with E-state index in [1.54, 1.807) is 23.0 Å². The van der Waals surface area contributed by atoms with Gasteiger partial charge < -0.3 is 5.73 Å². The van der Waals surface area contributed by atoms with Gasteiger partial charge in [0.05, 0.1) is 17.6 Å². The Hall–Kier alpha value is -1.75. The highest BCUT2D eigenvalue weighted by Crippen LogP contribution is 2.07. The molecule has 0 spiro atoms. The van der Waals surface area contributed by atoms with Crippen molar-refractivity contribution in [1.29, 1.82) is 0 Å². The fraction of sp³-hybridized carbons (Fsp3) is 0.111. The van der Waals surface area contributed by atoms with Gasteiger partial charge in [0, 0.05) is 6.54 Å². The van der Waals surface area contributed by atoms with E-state index in [1.807, 2.05) is 0 Å². The Morgan fingerprint density at radius 3 is 2.57 bits per heavy atom.